The number of rotatable bonds is 9. The van der Waals surface area contributed by atoms with Crippen LogP contribution in [0.15, 0.2) is 18.2 Å². The lowest BCUT2D eigenvalue weighted by Gasteiger charge is -2.27. The van der Waals surface area contributed by atoms with Gasteiger partial charge in [0.2, 0.25) is 5.91 Å². The number of carboxylic acids is 1. The maximum Gasteiger partial charge on any atom is 0.307 e. The summed E-state index contributed by atoms with van der Waals surface area (Å²) in [5, 5.41) is 12.2. The van der Waals surface area contributed by atoms with Gasteiger partial charge in [0.05, 0.1) is 25.6 Å². The van der Waals surface area contributed by atoms with Crippen molar-refractivity contribution >= 4 is 11.9 Å². The van der Waals surface area contributed by atoms with Gasteiger partial charge in [0.1, 0.15) is 0 Å². The Balaban J connectivity index is 1.95. The second-order valence-electron chi connectivity index (χ2n) is 6.74. The van der Waals surface area contributed by atoms with Crippen LogP contribution in [0.1, 0.15) is 51.0 Å². The van der Waals surface area contributed by atoms with Crippen molar-refractivity contribution in [1.29, 1.82) is 0 Å². The number of hydrogen-bond acceptors (Lipinski definition) is 4. The number of nitrogens with one attached hydrogen (secondary N) is 1. The number of ether oxygens (including phenoxy) is 2. The molecule has 2 rings (SSSR count). The van der Waals surface area contributed by atoms with Crippen LogP contribution in [0.2, 0.25) is 0 Å². The lowest BCUT2D eigenvalue weighted by Crippen LogP contribution is -2.39. The number of methoxy groups -OCH3 is 1. The lowest BCUT2D eigenvalue weighted by atomic mass is 9.78. The van der Waals surface area contributed by atoms with E-state index in [1.165, 1.54) is 0 Å². The Hall–Kier alpha value is -2.24. The third-order valence-electron chi connectivity index (χ3n) is 4.87. The molecule has 0 bridgehead atoms. The number of unbranched alkanes of at least 4 members (excludes halogenated alkanes) is 1. The number of amides is 1. The van der Waals surface area contributed by atoms with Crippen molar-refractivity contribution in [3.8, 4) is 11.5 Å². The van der Waals surface area contributed by atoms with E-state index >= 15 is 0 Å². The Morgan fingerprint density at radius 3 is 2.58 bits per heavy atom. The zero-order chi connectivity index (χ0) is 18.9. The summed E-state index contributed by atoms with van der Waals surface area (Å²) in [5.41, 5.74) is 0.890. The van der Waals surface area contributed by atoms with Crippen molar-refractivity contribution in [2.75, 3.05) is 13.7 Å². The second kappa shape index (κ2) is 10.0. The van der Waals surface area contributed by atoms with Gasteiger partial charge in [0.15, 0.2) is 11.5 Å². The second-order valence-corrected chi connectivity index (χ2v) is 6.74. The normalized spacial score (nSPS) is 19.6. The fourth-order valence-electron chi connectivity index (χ4n) is 3.33. The van der Waals surface area contributed by atoms with Gasteiger partial charge in [-0.05, 0) is 37.0 Å². The topological polar surface area (TPSA) is 84.9 Å². The van der Waals surface area contributed by atoms with Crippen molar-refractivity contribution in [1.82, 2.24) is 5.32 Å². The van der Waals surface area contributed by atoms with Crippen LogP contribution in [0.4, 0.5) is 0 Å². The molecule has 6 heteroatoms. The van der Waals surface area contributed by atoms with Gasteiger partial charge in [0.25, 0.3) is 0 Å². The van der Waals surface area contributed by atoms with Crippen LogP contribution in [0.3, 0.4) is 0 Å². The molecule has 0 aliphatic heterocycles. The average Bonchev–Trinajstić information content (AvgIpc) is 2.66. The molecule has 0 saturated heterocycles. The molecular weight excluding hydrogens is 334 g/mol. The third kappa shape index (κ3) is 5.38. The van der Waals surface area contributed by atoms with E-state index in [2.05, 4.69) is 12.2 Å². The minimum Gasteiger partial charge on any atom is -0.493 e. The molecule has 1 saturated carbocycles. The highest BCUT2D eigenvalue weighted by Crippen LogP contribution is 2.31. The first-order valence-corrected chi connectivity index (χ1v) is 9.37. The molecule has 1 aromatic rings. The molecule has 1 amide bonds. The molecule has 1 aliphatic carbocycles. The van der Waals surface area contributed by atoms with E-state index in [0.29, 0.717) is 37.5 Å². The van der Waals surface area contributed by atoms with E-state index in [1.807, 2.05) is 18.2 Å². The summed E-state index contributed by atoms with van der Waals surface area (Å²) < 4.78 is 11.1. The molecule has 26 heavy (non-hydrogen) atoms. The summed E-state index contributed by atoms with van der Waals surface area (Å²) in [7, 11) is 1.59. The van der Waals surface area contributed by atoms with Crippen molar-refractivity contribution in [3.63, 3.8) is 0 Å². The van der Waals surface area contributed by atoms with Crippen molar-refractivity contribution < 1.29 is 24.2 Å². The van der Waals surface area contributed by atoms with E-state index < -0.39 is 17.8 Å². The van der Waals surface area contributed by atoms with Gasteiger partial charge in [-0.1, -0.05) is 32.3 Å². The van der Waals surface area contributed by atoms with Crippen molar-refractivity contribution in [2.24, 2.45) is 11.8 Å². The predicted octanol–water partition coefficient (Wildman–Crippen LogP) is 3.38. The number of carbonyl (C=O) groups is 2. The van der Waals surface area contributed by atoms with Crippen LogP contribution in [0, 0.1) is 11.8 Å². The van der Waals surface area contributed by atoms with Gasteiger partial charge < -0.3 is 19.9 Å². The number of hydrogen-bond donors (Lipinski definition) is 2. The Morgan fingerprint density at radius 1 is 1.19 bits per heavy atom. The quantitative estimate of drug-likeness (QED) is 0.657. The van der Waals surface area contributed by atoms with Gasteiger partial charge in [-0.15, -0.1) is 0 Å². The number of benzene rings is 1. The number of aliphatic carboxylic acids is 1. The van der Waals surface area contributed by atoms with E-state index in [-0.39, 0.29) is 5.91 Å². The van der Waals surface area contributed by atoms with E-state index in [4.69, 9.17) is 9.47 Å². The van der Waals surface area contributed by atoms with Crippen LogP contribution in [0.25, 0.3) is 0 Å². The minimum absolute atomic E-state index is 0.181. The summed E-state index contributed by atoms with van der Waals surface area (Å²) in [6.07, 6.45) is 5.02. The molecule has 2 atom stereocenters. The Bertz CT molecular complexity index is 616. The Kier molecular flexibility index (Phi) is 7.75. The van der Waals surface area contributed by atoms with E-state index in [0.717, 1.165) is 31.2 Å². The van der Waals surface area contributed by atoms with Gasteiger partial charge in [-0.3, -0.25) is 9.59 Å². The average molecular weight is 363 g/mol. The minimum atomic E-state index is -0.875. The summed E-state index contributed by atoms with van der Waals surface area (Å²) >= 11 is 0. The fraction of sp³-hybridized carbons (Fsp3) is 0.600. The van der Waals surface area contributed by atoms with Crippen LogP contribution < -0.4 is 14.8 Å². The molecule has 6 nitrogen and oxygen atoms in total. The standard InChI is InChI=1S/C20H29NO5/c1-3-4-11-26-17-10-9-14(12-18(17)25-2)13-21-19(22)15-7-5-6-8-16(15)20(23)24/h9-10,12,15-16H,3-8,11,13H2,1-2H3,(H,21,22)(H,23,24). The first-order valence-electron chi connectivity index (χ1n) is 9.37. The molecule has 1 fully saturated rings. The molecule has 1 aliphatic rings. The van der Waals surface area contributed by atoms with Crippen LogP contribution in [-0.4, -0.2) is 30.7 Å². The molecule has 2 unspecified atom stereocenters. The highest BCUT2D eigenvalue weighted by atomic mass is 16.5. The van der Waals surface area contributed by atoms with Crippen LogP contribution >= 0.6 is 0 Å². The van der Waals surface area contributed by atoms with Crippen LogP contribution in [0.5, 0.6) is 11.5 Å². The summed E-state index contributed by atoms with van der Waals surface area (Å²) in [5.74, 6) is -0.755. The zero-order valence-electron chi connectivity index (χ0n) is 15.6. The molecular formula is C20H29NO5. The van der Waals surface area contributed by atoms with E-state index in [9.17, 15) is 14.7 Å². The number of carbonyl (C=O) groups excluding carboxylic acids is 1. The number of carboxylic acid groups (broad SMARTS) is 1. The van der Waals surface area contributed by atoms with Gasteiger partial charge in [0, 0.05) is 6.54 Å². The zero-order valence-corrected chi connectivity index (χ0v) is 15.6. The first-order chi connectivity index (χ1) is 12.6. The summed E-state index contributed by atoms with van der Waals surface area (Å²) in [6, 6.07) is 5.58. The fourth-order valence-corrected chi connectivity index (χ4v) is 3.33. The van der Waals surface area contributed by atoms with E-state index in [1.54, 1.807) is 7.11 Å². The highest BCUT2D eigenvalue weighted by Gasteiger charge is 2.35. The molecule has 144 valence electrons. The maximum atomic E-state index is 12.5. The summed E-state index contributed by atoms with van der Waals surface area (Å²) in [6.45, 7) is 3.09. The first kappa shape index (κ1) is 20.1. The molecule has 0 aromatic heterocycles. The smallest absolute Gasteiger partial charge is 0.307 e. The van der Waals surface area contributed by atoms with Crippen molar-refractivity contribution in [2.45, 2.75) is 52.0 Å². The molecule has 2 N–H and O–H groups in total. The predicted molar refractivity (Wildman–Crippen MR) is 98.3 cm³/mol. The van der Waals surface area contributed by atoms with Gasteiger partial charge in [-0.25, -0.2) is 0 Å². The summed E-state index contributed by atoms with van der Waals surface area (Å²) in [4.78, 5) is 23.8. The lowest BCUT2D eigenvalue weighted by molar-refractivity contribution is -0.148. The third-order valence-corrected chi connectivity index (χ3v) is 4.87. The SMILES string of the molecule is CCCCOc1ccc(CNC(=O)C2CCCCC2C(=O)O)cc1OC. The molecule has 1 aromatic carbocycles. The molecule has 0 spiro atoms. The monoisotopic (exact) mass is 363 g/mol. The Morgan fingerprint density at radius 2 is 1.92 bits per heavy atom. The maximum absolute atomic E-state index is 12.5. The van der Waals surface area contributed by atoms with Gasteiger partial charge >= 0.3 is 5.97 Å². The van der Waals surface area contributed by atoms with Crippen LogP contribution in [-0.2, 0) is 16.1 Å². The Labute approximate surface area is 154 Å². The largest absolute Gasteiger partial charge is 0.493 e. The van der Waals surface area contributed by atoms with Crippen molar-refractivity contribution in [3.05, 3.63) is 23.8 Å². The highest BCUT2D eigenvalue weighted by molar-refractivity contribution is 5.84. The molecule has 0 radical (unpaired) electrons. The molecule has 0 heterocycles. The van der Waals surface area contributed by atoms with Gasteiger partial charge in [-0.2, -0.15) is 0 Å².